The number of aliphatic carboxylic acids is 4. The van der Waals surface area contributed by atoms with E-state index in [-0.39, 0.29) is 110 Å². The highest BCUT2D eigenvalue weighted by atomic mass is 16.5. The lowest BCUT2D eigenvalue weighted by Gasteiger charge is -2.35. The highest BCUT2D eigenvalue weighted by Crippen LogP contribution is 2.12. The number of rotatable bonds is 39. The molecule has 0 radical (unpaired) electrons. The Balaban J connectivity index is 1.50. The van der Waals surface area contributed by atoms with Crippen molar-refractivity contribution in [2.45, 2.75) is 81.3 Å². The molecule has 14 N–H and O–H groups in total. The average molecular weight is 1230 g/mol. The quantitative estimate of drug-likeness (QED) is 0.0218. The summed E-state index contributed by atoms with van der Waals surface area (Å²) in [5.74, 6) is -12.1. The zero-order valence-corrected chi connectivity index (χ0v) is 48.0. The number of carbonyl (C=O) groups excluding carboxylic acids is 9. The van der Waals surface area contributed by atoms with Gasteiger partial charge >= 0.3 is 23.9 Å². The van der Waals surface area contributed by atoms with Gasteiger partial charge in [0.1, 0.15) is 61.5 Å². The van der Waals surface area contributed by atoms with Gasteiger partial charge in [-0.3, -0.25) is 67.5 Å². The summed E-state index contributed by atoms with van der Waals surface area (Å²) in [6.07, 6.45) is 2.35. The van der Waals surface area contributed by atoms with Gasteiger partial charge in [-0.05, 0) is 18.9 Å². The third kappa shape index (κ3) is 28.6. The van der Waals surface area contributed by atoms with Crippen molar-refractivity contribution in [1.82, 2.24) is 66.8 Å². The Morgan fingerprint density at radius 2 is 1.14 bits per heavy atom. The molecule has 0 saturated carbocycles. The molecule has 1 aromatic carbocycles. The van der Waals surface area contributed by atoms with E-state index in [4.69, 9.17) is 9.47 Å². The summed E-state index contributed by atoms with van der Waals surface area (Å²) >= 11 is 0. The van der Waals surface area contributed by atoms with E-state index >= 15 is 0 Å². The Morgan fingerprint density at radius 3 is 1.70 bits per heavy atom. The molecule has 87 heavy (non-hydrogen) atoms. The molecule has 1 aromatic heterocycles. The maximum Gasteiger partial charge on any atom is 0.328 e. The number of amides is 7. The fourth-order valence-corrected chi connectivity index (χ4v) is 8.63. The monoisotopic (exact) mass is 1230 g/mol. The summed E-state index contributed by atoms with van der Waals surface area (Å²) in [5, 5.41) is 74.6. The van der Waals surface area contributed by atoms with Gasteiger partial charge in [0.15, 0.2) is 0 Å². The van der Waals surface area contributed by atoms with Gasteiger partial charge in [0.2, 0.25) is 41.4 Å². The van der Waals surface area contributed by atoms with Crippen LogP contribution in [0.25, 0.3) is 0 Å². The van der Waals surface area contributed by atoms with Crippen LogP contribution in [-0.4, -0.2) is 298 Å². The molecule has 2 aromatic rings. The third-order valence-corrected chi connectivity index (χ3v) is 13.4. The van der Waals surface area contributed by atoms with E-state index < -0.39 is 134 Å². The number of hydrogen-bond acceptors (Lipinski definition) is 22. The SMILES string of the molecule is C[C@H](NC(=O)[C@H](CC(=O)O)NC(=O)COCCOCCNC(=O)CCC(C(=O)O)N1CCN(CC=O)CCN(CC=O)CCN(CC(=O)O)CC1)C(=O)N[C@@H](Cc1c[nH]cn1)C(=O)N[C@@H](CO)C(=O)N[C@@H](Cc1ccccc1)C(=O)N[C@@H](CO)C(=O)O. The van der Waals surface area contributed by atoms with Crippen LogP contribution in [0, 0.1) is 0 Å². The molecule has 7 amide bonds. The van der Waals surface area contributed by atoms with Crippen LogP contribution in [0.3, 0.4) is 0 Å². The maximum atomic E-state index is 13.7. The summed E-state index contributed by atoms with van der Waals surface area (Å²) in [4.78, 5) is 177. The van der Waals surface area contributed by atoms with Crippen LogP contribution in [0.5, 0.6) is 0 Å². The fraction of sp³-hybridized carbons (Fsp3) is 0.585. The zero-order chi connectivity index (χ0) is 64.3. The largest absolute Gasteiger partial charge is 0.481 e. The second-order valence-corrected chi connectivity index (χ2v) is 19.9. The average Bonchev–Trinajstić information content (AvgIpc) is 4.09. The molecule has 34 nitrogen and oxygen atoms in total. The molecule has 7 atom stereocenters. The second-order valence-electron chi connectivity index (χ2n) is 19.9. The minimum absolute atomic E-state index is 0.00251. The third-order valence-electron chi connectivity index (χ3n) is 13.4. The van der Waals surface area contributed by atoms with Gasteiger partial charge in [0.25, 0.3) is 0 Å². The molecule has 1 saturated heterocycles. The summed E-state index contributed by atoms with van der Waals surface area (Å²) < 4.78 is 10.7. The van der Waals surface area contributed by atoms with Crippen LogP contribution in [0.1, 0.15) is 37.4 Å². The number of aliphatic hydroxyl groups is 2. The van der Waals surface area contributed by atoms with Crippen molar-refractivity contribution in [3.63, 3.8) is 0 Å². The Kier molecular flexibility index (Phi) is 33.6. The van der Waals surface area contributed by atoms with Gasteiger partial charge in [-0.15, -0.1) is 0 Å². The number of carboxylic acid groups (broad SMARTS) is 4. The Labute approximate surface area is 499 Å². The standard InChI is InChI=1S/C53H79N13O21/c1-34(47(77)59-38(26-36-28-54-33-56-36)50(80)61-40(30-69)51(81)60-37(25-35-5-3-2-4-6-35)49(79)62-41(31-70)52(82)83)57-48(78)39(27-45(73)74)58-44(72)32-87-24-23-86-22-9-55-43(71)8-7-42(53(84)85)66-16-14-64(19-21-68)11-10-63(18-20-67)12-13-65(15-17-66)29-46(75)76/h2-6,20-21,28,33-34,37-42,69-70H,7-19,22-27,29-32H2,1H3,(H,54,56)(H,55,71)(H,57,78)(H,58,72)(H,59,77)(H,60,81)(H,61,80)(H,62,79)(H,73,74)(H,75,76)(H,82,83)(H,84,85)/t34-,37-,38-,39-,40-,41-,42?/m0/s1. The van der Waals surface area contributed by atoms with Gasteiger partial charge < -0.3 is 91.9 Å². The number of nitrogens with zero attached hydrogens (tertiary/aromatic N) is 5. The van der Waals surface area contributed by atoms with E-state index in [0.29, 0.717) is 25.2 Å². The van der Waals surface area contributed by atoms with Crippen molar-refractivity contribution in [2.75, 3.05) is 118 Å². The minimum atomic E-state index is -1.77. The Hall–Kier alpha value is -8.38. The highest BCUT2D eigenvalue weighted by molar-refractivity contribution is 5.97. The van der Waals surface area contributed by atoms with Crippen molar-refractivity contribution in [3.8, 4) is 0 Å². The molecular weight excluding hydrogens is 1150 g/mol. The topological polar surface area (TPSA) is 488 Å². The van der Waals surface area contributed by atoms with Crippen LogP contribution in [0.15, 0.2) is 42.9 Å². The van der Waals surface area contributed by atoms with E-state index in [9.17, 15) is 93.0 Å². The maximum absolute atomic E-state index is 13.7. The lowest BCUT2D eigenvalue weighted by molar-refractivity contribution is -0.145. The second kappa shape index (κ2) is 40.1. The molecule has 0 spiro atoms. The molecule has 34 heteroatoms. The first-order valence-electron chi connectivity index (χ1n) is 27.7. The van der Waals surface area contributed by atoms with E-state index in [0.717, 1.165) is 12.6 Å². The molecule has 1 aliphatic heterocycles. The molecule has 1 fully saturated rings. The van der Waals surface area contributed by atoms with Gasteiger partial charge in [0, 0.05) is 84.4 Å². The van der Waals surface area contributed by atoms with Crippen LogP contribution >= 0.6 is 0 Å². The Bertz CT molecular complexity index is 2570. The molecule has 2 heterocycles. The van der Waals surface area contributed by atoms with E-state index in [2.05, 4.69) is 47.2 Å². The van der Waals surface area contributed by atoms with Gasteiger partial charge in [-0.2, -0.15) is 0 Å². The number of hydrogen-bond donors (Lipinski definition) is 14. The first kappa shape index (κ1) is 72.9. The van der Waals surface area contributed by atoms with Gasteiger partial charge in [0.05, 0.1) is 71.1 Å². The number of aromatic amines is 1. The summed E-state index contributed by atoms with van der Waals surface area (Å²) in [6, 6.07) is -2.75. The van der Waals surface area contributed by atoms with E-state index in [1.165, 1.54) is 19.4 Å². The molecule has 0 bridgehead atoms. The van der Waals surface area contributed by atoms with Crippen LogP contribution in [0.2, 0.25) is 0 Å². The predicted molar refractivity (Wildman–Crippen MR) is 300 cm³/mol. The zero-order valence-electron chi connectivity index (χ0n) is 48.0. The highest BCUT2D eigenvalue weighted by Gasteiger charge is 2.34. The number of nitrogens with one attached hydrogen (secondary N) is 8. The normalized spacial score (nSPS) is 16.2. The first-order chi connectivity index (χ1) is 41.6. The first-order valence-corrected chi connectivity index (χ1v) is 27.7. The number of H-pyrrole nitrogens is 1. The Morgan fingerprint density at radius 1 is 0.598 bits per heavy atom. The van der Waals surface area contributed by atoms with E-state index in [1.807, 2.05) is 9.80 Å². The fourth-order valence-electron chi connectivity index (χ4n) is 8.63. The van der Waals surface area contributed by atoms with Crippen LogP contribution < -0.4 is 37.2 Å². The summed E-state index contributed by atoms with van der Waals surface area (Å²) in [6.45, 7) is 0.248. The number of carbonyl (C=O) groups is 13. The molecule has 3 rings (SSSR count). The number of aliphatic hydroxyl groups excluding tert-OH is 2. The van der Waals surface area contributed by atoms with E-state index in [1.54, 1.807) is 40.1 Å². The van der Waals surface area contributed by atoms with Crippen molar-refractivity contribution < 1.29 is 102 Å². The van der Waals surface area contributed by atoms with Gasteiger partial charge in [-0.25, -0.2) is 9.78 Å². The number of ether oxygens (including phenoxy) is 2. The van der Waals surface area contributed by atoms with Gasteiger partial charge in [-0.1, -0.05) is 30.3 Å². The van der Waals surface area contributed by atoms with Crippen molar-refractivity contribution in [1.29, 1.82) is 0 Å². The molecule has 1 unspecified atom stereocenters. The number of aromatic nitrogens is 2. The number of aldehydes is 2. The molecular formula is C53H79N13O21. The number of benzene rings is 1. The number of carboxylic acids is 4. The minimum Gasteiger partial charge on any atom is -0.481 e. The predicted octanol–water partition coefficient (Wildman–Crippen LogP) is -7.25. The lowest BCUT2D eigenvalue weighted by atomic mass is 10.0. The summed E-state index contributed by atoms with van der Waals surface area (Å²) in [7, 11) is 0. The smallest absolute Gasteiger partial charge is 0.328 e. The molecule has 1 aliphatic rings. The van der Waals surface area contributed by atoms with Crippen LogP contribution in [-0.2, 0) is 84.6 Å². The van der Waals surface area contributed by atoms with Crippen molar-refractivity contribution in [2.24, 2.45) is 0 Å². The molecule has 0 aliphatic carbocycles. The molecule has 482 valence electrons. The summed E-state index contributed by atoms with van der Waals surface area (Å²) in [5.41, 5.74) is 0.745. The lowest BCUT2D eigenvalue weighted by Crippen LogP contribution is -2.60. The van der Waals surface area contributed by atoms with Crippen molar-refractivity contribution in [3.05, 3.63) is 54.1 Å². The van der Waals surface area contributed by atoms with Crippen molar-refractivity contribution >= 4 is 77.8 Å². The number of imidazole rings is 1. The van der Waals surface area contributed by atoms with Crippen LogP contribution in [0.4, 0.5) is 0 Å².